The van der Waals surface area contributed by atoms with Gasteiger partial charge in [-0.15, -0.1) is 0 Å². The lowest BCUT2D eigenvalue weighted by atomic mass is 10.3. The molecule has 1 rings (SSSR count). The van der Waals surface area contributed by atoms with Crippen molar-refractivity contribution in [3.05, 3.63) is 18.2 Å². The van der Waals surface area contributed by atoms with Crippen molar-refractivity contribution < 1.29 is 8.42 Å². The number of aryl methyl sites for hydroxylation is 1. The van der Waals surface area contributed by atoms with Gasteiger partial charge < -0.3 is 4.57 Å². The summed E-state index contributed by atoms with van der Waals surface area (Å²) in [6.45, 7) is 2.41. The molecule has 0 aromatic carbocycles. The summed E-state index contributed by atoms with van der Waals surface area (Å²) in [5.74, 6) is 0.217. The van der Waals surface area contributed by atoms with Crippen molar-refractivity contribution in [2.75, 3.05) is 12.3 Å². The Morgan fingerprint density at radius 2 is 2.25 bits per heavy atom. The number of hydrogen-bond acceptors (Lipinski definition) is 3. The van der Waals surface area contributed by atoms with Crippen LogP contribution in [0, 0.1) is 0 Å². The molecule has 1 heterocycles. The van der Waals surface area contributed by atoms with Gasteiger partial charge in [-0.25, -0.2) is 18.1 Å². The number of hydrogen-bond donors (Lipinski definition) is 1. The SMILES string of the molecule is CCCCS(=O)(=O)NCCc1cncn1C. The fourth-order valence-electron chi connectivity index (χ4n) is 1.37. The minimum Gasteiger partial charge on any atom is -0.338 e. The quantitative estimate of drug-likeness (QED) is 0.768. The first-order chi connectivity index (χ1) is 7.55. The van der Waals surface area contributed by atoms with E-state index in [-0.39, 0.29) is 5.75 Å². The Kier molecular flexibility index (Phi) is 4.95. The van der Waals surface area contributed by atoms with Gasteiger partial charge in [0.15, 0.2) is 0 Å². The van der Waals surface area contributed by atoms with Gasteiger partial charge in [0.2, 0.25) is 10.0 Å². The predicted octanol–water partition coefficient (Wildman–Crippen LogP) is 0.682. The molecule has 1 N–H and O–H groups in total. The Balaban J connectivity index is 2.33. The second-order valence-corrected chi connectivity index (χ2v) is 5.74. The standard InChI is InChI=1S/C10H19N3O2S/c1-3-4-7-16(14,15)12-6-5-10-8-11-9-13(10)2/h8-9,12H,3-7H2,1-2H3. The molecule has 0 amide bonds. The highest BCUT2D eigenvalue weighted by molar-refractivity contribution is 7.89. The first-order valence-corrected chi connectivity index (χ1v) is 7.13. The summed E-state index contributed by atoms with van der Waals surface area (Å²) in [6, 6.07) is 0. The molecule has 0 unspecified atom stereocenters. The van der Waals surface area contributed by atoms with E-state index in [1.54, 1.807) is 12.5 Å². The monoisotopic (exact) mass is 245 g/mol. The lowest BCUT2D eigenvalue weighted by Gasteiger charge is -2.06. The maximum atomic E-state index is 11.5. The number of rotatable bonds is 7. The summed E-state index contributed by atoms with van der Waals surface area (Å²) in [5, 5.41) is 0. The zero-order valence-corrected chi connectivity index (χ0v) is 10.6. The Morgan fingerprint density at radius 1 is 1.50 bits per heavy atom. The Hall–Kier alpha value is -0.880. The smallest absolute Gasteiger partial charge is 0.211 e. The molecule has 0 aliphatic carbocycles. The third kappa shape index (κ3) is 4.32. The average molecular weight is 245 g/mol. The predicted molar refractivity (Wildman–Crippen MR) is 63.6 cm³/mol. The van der Waals surface area contributed by atoms with Crippen LogP contribution in [0.2, 0.25) is 0 Å². The van der Waals surface area contributed by atoms with E-state index in [9.17, 15) is 8.42 Å². The molecule has 1 aromatic heterocycles. The van der Waals surface area contributed by atoms with Gasteiger partial charge in [-0.1, -0.05) is 13.3 Å². The van der Waals surface area contributed by atoms with E-state index < -0.39 is 10.0 Å². The molecule has 0 fully saturated rings. The minimum atomic E-state index is -3.09. The highest BCUT2D eigenvalue weighted by atomic mass is 32.2. The lowest BCUT2D eigenvalue weighted by Crippen LogP contribution is -2.28. The third-order valence-corrected chi connectivity index (χ3v) is 3.86. The maximum absolute atomic E-state index is 11.5. The van der Waals surface area contributed by atoms with Gasteiger partial charge in [0.25, 0.3) is 0 Å². The van der Waals surface area contributed by atoms with Crippen molar-refractivity contribution in [1.82, 2.24) is 14.3 Å². The number of aromatic nitrogens is 2. The summed E-state index contributed by atoms with van der Waals surface area (Å²) in [7, 11) is -1.19. The molecule has 92 valence electrons. The van der Waals surface area contributed by atoms with Crippen LogP contribution in [0.1, 0.15) is 25.5 Å². The largest absolute Gasteiger partial charge is 0.338 e. The van der Waals surface area contributed by atoms with Crippen molar-refractivity contribution >= 4 is 10.0 Å². The van der Waals surface area contributed by atoms with Crippen LogP contribution in [0.3, 0.4) is 0 Å². The van der Waals surface area contributed by atoms with Gasteiger partial charge in [-0.3, -0.25) is 0 Å². The molecule has 0 saturated carbocycles. The van der Waals surface area contributed by atoms with Gasteiger partial charge in [-0.2, -0.15) is 0 Å². The molecule has 5 nitrogen and oxygen atoms in total. The molecule has 0 aliphatic rings. The van der Waals surface area contributed by atoms with E-state index in [0.717, 1.165) is 12.1 Å². The van der Waals surface area contributed by atoms with E-state index in [4.69, 9.17) is 0 Å². The van der Waals surface area contributed by atoms with Gasteiger partial charge in [-0.05, 0) is 6.42 Å². The zero-order valence-electron chi connectivity index (χ0n) is 9.81. The molecule has 1 aromatic rings. The first kappa shape index (κ1) is 13.2. The van der Waals surface area contributed by atoms with Crippen molar-refractivity contribution in [2.45, 2.75) is 26.2 Å². The number of sulfonamides is 1. The summed E-state index contributed by atoms with van der Waals surface area (Å²) >= 11 is 0. The van der Waals surface area contributed by atoms with E-state index in [0.29, 0.717) is 19.4 Å². The number of nitrogens with one attached hydrogen (secondary N) is 1. The summed E-state index contributed by atoms with van der Waals surface area (Å²) in [4.78, 5) is 3.97. The Labute approximate surface area is 96.9 Å². The molecule has 0 spiro atoms. The first-order valence-electron chi connectivity index (χ1n) is 5.47. The van der Waals surface area contributed by atoms with Crippen LogP contribution in [0.5, 0.6) is 0 Å². The molecule has 0 bridgehead atoms. The normalized spacial score (nSPS) is 11.9. The van der Waals surface area contributed by atoms with Crippen molar-refractivity contribution in [3.8, 4) is 0 Å². The van der Waals surface area contributed by atoms with Gasteiger partial charge in [0.1, 0.15) is 0 Å². The minimum absolute atomic E-state index is 0.217. The van der Waals surface area contributed by atoms with Crippen LogP contribution >= 0.6 is 0 Å². The van der Waals surface area contributed by atoms with E-state index in [2.05, 4.69) is 9.71 Å². The topological polar surface area (TPSA) is 64.0 Å². The molecule has 16 heavy (non-hydrogen) atoms. The number of imidazole rings is 1. The molecular formula is C10H19N3O2S. The van der Waals surface area contributed by atoms with Crippen LogP contribution in [0.15, 0.2) is 12.5 Å². The van der Waals surface area contributed by atoms with E-state index in [1.165, 1.54) is 0 Å². The highest BCUT2D eigenvalue weighted by Crippen LogP contribution is 1.98. The molecule has 0 saturated heterocycles. The fraction of sp³-hybridized carbons (Fsp3) is 0.700. The summed E-state index contributed by atoms with van der Waals surface area (Å²) in [6.07, 6.45) is 5.73. The Morgan fingerprint density at radius 3 is 2.81 bits per heavy atom. The van der Waals surface area contributed by atoms with Crippen molar-refractivity contribution in [2.24, 2.45) is 7.05 Å². The van der Waals surface area contributed by atoms with Crippen molar-refractivity contribution in [3.63, 3.8) is 0 Å². The fourth-order valence-corrected chi connectivity index (χ4v) is 2.59. The summed E-state index contributed by atoms with van der Waals surface area (Å²) in [5.41, 5.74) is 1.03. The molecule has 6 heteroatoms. The van der Waals surface area contributed by atoms with Gasteiger partial charge >= 0.3 is 0 Å². The highest BCUT2D eigenvalue weighted by Gasteiger charge is 2.08. The van der Waals surface area contributed by atoms with Crippen LogP contribution in [-0.4, -0.2) is 30.3 Å². The van der Waals surface area contributed by atoms with Crippen LogP contribution in [-0.2, 0) is 23.5 Å². The summed E-state index contributed by atoms with van der Waals surface area (Å²) < 4.78 is 27.4. The van der Waals surface area contributed by atoms with Crippen molar-refractivity contribution in [1.29, 1.82) is 0 Å². The molecule has 0 aliphatic heterocycles. The molecular weight excluding hydrogens is 226 g/mol. The second-order valence-electron chi connectivity index (χ2n) is 3.81. The third-order valence-electron chi connectivity index (χ3n) is 2.39. The van der Waals surface area contributed by atoms with Crippen LogP contribution in [0.4, 0.5) is 0 Å². The molecule has 0 atom stereocenters. The molecule has 0 radical (unpaired) electrons. The van der Waals surface area contributed by atoms with Crippen LogP contribution in [0.25, 0.3) is 0 Å². The number of nitrogens with zero attached hydrogens (tertiary/aromatic N) is 2. The van der Waals surface area contributed by atoms with Gasteiger partial charge in [0.05, 0.1) is 12.1 Å². The van der Waals surface area contributed by atoms with E-state index in [1.807, 2.05) is 18.5 Å². The zero-order chi connectivity index (χ0) is 12.0. The lowest BCUT2D eigenvalue weighted by molar-refractivity contribution is 0.577. The van der Waals surface area contributed by atoms with Crippen LogP contribution < -0.4 is 4.72 Å². The average Bonchev–Trinajstić information content (AvgIpc) is 2.62. The second kappa shape index (κ2) is 6.00. The number of unbranched alkanes of at least 4 members (excludes halogenated alkanes) is 1. The van der Waals surface area contributed by atoms with E-state index >= 15 is 0 Å². The Bertz CT molecular complexity index is 411. The maximum Gasteiger partial charge on any atom is 0.211 e. The van der Waals surface area contributed by atoms with Gasteiger partial charge in [0, 0.05) is 31.9 Å².